The third kappa shape index (κ3) is 8.17. The van der Waals surface area contributed by atoms with Crippen molar-refractivity contribution < 1.29 is 19.1 Å². The van der Waals surface area contributed by atoms with Gasteiger partial charge in [-0.15, -0.1) is 0 Å². The third-order valence-corrected chi connectivity index (χ3v) is 3.45. The van der Waals surface area contributed by atoms with Gasteiger partial charge in [-0.3, -0.25) is 4.79 Å². The second-order valence-corrected chi connectivity index (χ2v) is 5.47. The summed E-state index contributed by atoms with van der Waals surface area (Å²) in [5.74, 6) is -0.313. The highest BCUT2D eigenvalue weighted by Gasteiger charge is 2.15. The van der Waals surface area contributed by atoms with Crippen molar-refractivity contribution >= 4 is 29.3 Å². The number of halogens is 1. The van der Waals surface area contributed by atoms with Gasteiger partial charge in [0.2, 0.25) is 0 Å². The standard InChI is InChI=1S/C17H25ClN2O4/c1-3-23-13-5-11-20(12-10-16(21)24-4-2)17(22)19-15-8-6-14(18)7-9-15/h6-9H,3-5,10-13H2,1-2H3,(H,19,22). The summed E-state index contributed by atoms with van der Waals surface area (Å²) in [6.07, 6.45) is 0.862. The average molecular weight is 357 g/mol. The molecule has 1 aromatic rings. The summed E-state index contributed by atoms with van der Waals surface area (Å²) in [5, 5.41) is 3.40. The molecule has 0 aliphatic heterocycles. The van der Waals surface area contributed by atoms with Gasteiger partial charge in [-0.2, -0.15) is 0 Å². The molecule has 2 amide bonds. The highest BCUT2D eigenvalue weighted by atomic mass is 35.5. The van der Waals surface area contributed by atoms with Crippen LogP contribution in [0.2, 0.25) is 5.02 Å². The number of hydrogen-bond donors (Lipinski definition) is 1. The van der Waals surface area contributed by atoms with E-state index >= 15 is 0 Å². The SMILES string of the molecule is CCOCCCN(CCC(=O)OCC)C(=O)Nc1ccc(Cl)cc1. The molecule has 0 atom stereocenters. The first-order chi connectivity index (χ1) is 11.6. The quantitative estimate of drug-likeness (QED) is 0.514. The molecular weight excluding hydrogens is 332 g/mol. The molecule has 7 heteroatoms. The summed E-state index contributed by atoms with van der Waals surface area (Å²) < 4.78 is 10.2. The summed E-state index contributed by atoms with van der Waals surface area (Å²) in [6, 6.07) is 6.59. The topological polar surface area (TPSA) is 67.9 Å². The molecule has 1 N–H and O–H groups in total. The van der Waals surface area contributed by atoms with Gasteiger partial charge in [-0.1, -0.05) is 11.6 Å². The lowest BCUT2D eigenvalue weighted by Gasteiger charge is -2.23. The Morgan fingerprint density at radius 1 is 1.12 bits per heavy atom. The molecule has 0 radical (unpaired) electrons. The Kier molecular flexibility index (Phi) is 9.88. The van der Waals surface area contributed by atoms with E-state index in [2.05, 4.69) is 5.32 Å². The number of nitrogens with one attached hydrogen (secondary N) is 1. The van der Waals surface area contributed by atoms with Gasteiger partial charge in [0.25, 0.3) is 0 Å². The number of urea groups is 1. The molecule has 0 heterocycles. The summed E-state index contributed by atoms with van der Waals surface area (Å²) >= 11 is 5.83. The smallest absolute Gasteiger partial charge is 0.321 e. The number of benzene rings is 1. The Labute approximate surface area is 148 Å². The number of nitrogens with zero attached hydrogens (tertiary/aromatic N) is 1. The van der Waals surface area contributed by atoms with Crippen LogP contribution in [0.3, 0.4) is 0 Å². The number of carbonyl (C=O) groups excluding carboxylic acids is 2. The zero-order valence-electron chi connectivity index (χ0n) is 14.2. The molecule has 0 aliphatic carbocycles. The molecule has 0 fully saturated rings. The van der Waals surface area contributed by atoms with Crippen LogP contribution in [0.4, 0.5) is 10.5 Å². The van der Waals surface area contributed by atoms with Crippen LogP contribution < -0.4 is 5.32 Å². The highest BCUT2D eigenvalue weighted by molar-refractivity contribution is 6.30. The molecule has 0 saturated carbocycles. The van der Waals surface area contributed by atoms with Crippen LogP contribution in [0.25, 0.3) is 0 Å². The van der Waals surface area contributed by atoms with E-state index in [0.29, 0.717) is 50.0 Å². The molecule has 24 heavy (non-hydrogen) atoms. The van der Waals surface area contributed by atoms with E-state index in [1.54, 1.807) is 36.1 Å². The van der Waals surface area contributed by atoms with Crippen molar-refractivity contribution in [3.63, 3.8) is 0 Å². The molecular formula is C17H25ClN2O4. The summed E-state index contributed by atoms with van der Waals surface area (Å²) in [4.78, 5) is 25.5. The second-order valence-electron chi connectivity index (χ2n) is 5.03. The fraction of sp³-hybridized carbons (Fsp3) is 0.529. The van der Waals surface area contributed by atoms with Crippen molar-refractivity contribution in [2.24, 2.45) is 0 Å². The zero-order valence-corrected chi connectivity index (χ0v) is 15.0. The summed E-state index contributed by atoms with van der Waals surface area (Å²) in [6.45, 7) is 6.01. The fourth-order valence-corrected chi connectivity index (χ4v) is 2.14. The van der Waals surface area contributed by atoms with Crippen LogP contribution in [0.5, 0.6) is 0 Å². The van der Waals surface area contributed by atoms with Crippen LogP contribution in [-0.2, 0) is 14.3 Å². The van der Waals surface area contributed by atoms with E-state index in [4.69, 9.17) is 21.1 Å². The van der Waals surface area contributed by atoms with E-state index in [9.17, 15) is 9.59 Å². The van der Waals surface area contributed by atoms with Crippen molar-refractivity contribution in [3.8, 4) is 0 Å². The second kappa shape index (κ2) is 11.7. The maximum atomic E-state index is 12.4. The molecule has 6 nitrogen and oxygen atoms in total. The predicted octanol–water partition coefficient (Wildman–Crippen LogP) is 3.55. The number of rotatable bonds is 10. The maximum Gasteiger partial charge on any atom is 0.321 e. The Morgan fingerprint density at radius 3 is 2.46 bits per heavy atom. The van der Waals surface area contributed by atoms with Gasteiger partial charge in [0.1, 0.15) is 0 Å². The van der Waals surface area contributed by atoms with Crippen molar-refractivity contribution in [1.29, 1.82) is 0 Å². The fourth-order valence-electron chi connectivity index (χ4n) is 2.01. The minimum Gasteiger partial charge on any atom is -0.466 e. The minimum atomic E-state index is -0.313. The van der Waals surface area contributed by atoms with Gasteiger partial charge >= 0.3 is 12.0 Å². The number of esters is 1. The zero-order chi connectivity index (χ0) is 17.8. The number of ether oxygens (including phenoxy) is 2. The van der Waals surface area contributed by atoms with E-state index in [1.807, 2.05) is 6.92 Å². The van der Waals surface area contributed by atoms with Crippen LogP contribution in [0.15, 0.2) is 24.3 Å². The Morgan fingerprint density at radius 2 is 1.83 bits per heavy atom. The maximum absolute atomic E-state index is 12.4. The van der Waals surface area contributed by atoms with Crippen molar-refractivity contribution in [3.05, 3.63) is 29.3 Å². The van der Waals surface area contributed by atoms with E-state index in [-0.39, 0.29) is 18.4 Å². The number of anilines is 1. The molecule has 0 saturated heterocycles. The summed E-state index contributed by atoms with van der Waals surface area (Å²) in [5.41, 5.74) is 0.648. The molecule has 134 valence electrons. The first kappa shape index (κ1) is 20.3. The molecule has 0 unspecified atom stereocenters. The van der Waals surface area contributed by atoms with Crippen LogP contribution in [-0.4, -0.2) is 49.8 Å². The van der Waals surface area contributed by atoms with E-state index < -0.39 is 0 Å². The third-order valence-electron chi connectivity index (χ3n) is 3.19. The predicted molar refractivity (Wildman–Crippen MR) is 94.4 cm³/mol. The lowest BCUT2D eigenvalue weighted by atomic mass is 10.3. The average Bonchev–Trinajstić information content (AvgIpc) is 2.56. The van der Waals surface area contributed by atoms with Crippen LogP contribution >= 0.6 is 11.6 Å². The van der Waals surface area contributed by atoms with Gasteiger partial charge in [-0.25, -0.2) is 4.79 Å². The van der Waals surface area contributed by atoms with Crippen LogP contribution in [0.1, 0.15) is 26.7 Å². The Balaban J connectivity index is 2.58. The molecule has 0 bridgehead atoms. The first-order valence-electron chi connectivity index (χ1n) is 8.11. The molecule has 0 spiro atoms. The number of hydrogen-bond acceptors (Lipinski definition) is 4. The Hall–Kier alpha value is -1.79. The summed E-state index contributed by atoms with van der Waals surface area (Å²) in [7, 11) is 0. The Bertz CT molecular complexity index is 508. The van der Waals surface area contributed by atoms with Crippen LogP contribution in [0, 0.1) is 0 Å². The molecule has 0 aromatic heterocycles. The lowest BCUT2D eigenvalue weighted by molar-refractivity contribution is -0.143. The first-order valence-corrected chi connectivity index (χ1v) is 8.49. The molecule has 0 aliphatic rings. The van der Waals surface area contributed by atoms with Crippen molar-refractivity contribution in [1.82, 2.24) is 4.90 Å². The number of carbonyl (C=O) groups is 2. The van der Waals surface area contributed by atoms with Crippen molar-refractivity contribution in [2.75, 3.05) is 38.2 Å². The highest BCUT2D eigenvalue weighted by Crippen LogP contribution is 2.14. The van der Waals surface area contributed by atoms with Gasteiger partial charge < -0.3 is 19.7 Å². The van der Waals surface area contributed by atoms with E-state index in [1.165, 1.54) is 0 Å². The van der Waals surface area contributed by atoms with Gasteiger partial charge in [-0.05, 0) is 44.5 Å². The van der Waals surface area contributed by atoms with Gasteiger partial charge in [0.15, 0.2) is 0 Å². The minimum absolute atomic E-state index is 0.163. The normalized spacial score (nSPS) is 10.3. The van der Waals surface area contributed by atoms with Gasteiger partial charge in [0.05, 0.1) is 13.0 Å². The molecule has 1 aromatic carbocycles. The number of amides is 2. The van der Waals surface area contributed by atoms with Gasteiger partial charge in [0, 0.05) is 37.0 Å². The molecule has 1 rings (SSSR count). The lowest BCUT2D eigenvalue weighted by Crippen LogP contribution is -2.37. The van der Waals surface area contributed by atoms with E-state index in [0.717, 1.165) is 0 Å². The monoisotopic (exact) mass is 356 g/mol. The largest absolute Gasteiger partial charge is 0.466 e. The van der Waals surface area contributed by atoms with Crippen molar-refractivity contribution in [2.45, 2.75) is 26.7 Å².